The molecule has 2 aliphatic rings. The van der Waals surface area contributed by atoms with E-state index in [1.807, 2.05) is 18.2 Å². The molecular weight excluding hydrogens is 318 g/mol. The monoisotopic (exact) mass is 341 g/mol. The first-order chi connectivity index (χ1) is 12.1. The molecule has 1 aromatic carbocycles. The zero-order valence-electron chi connectivity index (χ0n) is 14.3. The van der Waals surface area contributed by atoms with E-state index in [4.69, 9.17) is 4.74 Å². The lowest BCUT2D eigenvalue weighted by molar-refractivity contribution is -0.125. The van der Waals surface area contributed by atoms with Crippen LogP contribution >= 0.6 is 0 Å². The average Bonchev–Trinajstić information content (AvgIpc) is 3.34. The van der Waals surface area contributed by atoms with Gasteiger partial charge in [-0.1, -0.05) is 24.6 Å². The lowest BCUT2D eigenvalue weighted by atomic mass is 9.84. The van der Waals surface area contributed by atoms with Crippen molar-refractivity contribution in [2.45, 2.75) is 38.6 Å². The third kappa shape index (κ3) is 3.13. The summed E-state index contributed by atoms with van der Waals surface area (Å²) < 4.78 is 5.15. The number of amides is 1. The van der Waals surface area contributed by atoms with Crippen LogP contribution in [0.25, 0.3) is 10.9 Å². The number of hydrogen-bond donors (Lipinski definition) is 2. The second kappa shape index (κ2) is 6.50. The second-order valence-corrected chi connectivity index (χ2v) is 7.39. The van der Waals surface area contributed by atoms with Crippen molar-refractivity contribution in [2.24, 2.45) is 17.8 Å². The van der Waals surface area contributed by atoms with Gasteiger partial charge in [-0.25, -0.2) is 4.79 Å². The SMILES string of the molecule is C[C@H](NC(=O)COC(=O)c1n[nH]c2ccccc12)[C@H]1C[C@H]2CC[C@H]1C2. The lowest BCUT2D eigenvalue weighted by Crippen LogP contribution is -2.42. The van der Waals surface area contributed by atoms with Crippen molar-refractivity contribution >= 4 is 22.8 Å². The Morgan fingerprint density at radius 3 is 2.92 bits per heavy atom. The molecule has 1 aromatic heterocycles. The highest BCUT2D eigenvalue weighted by Gasteiger charge is 2.42. The minimum absolute atomic E-state index is 0.132. The highest BCUT2D eigenvalue weighted by Crippen LogP contribution is 2.49. The minimum atomic E-state index is -0.583. The van der Waals surface area contributed by atoms with Crippen LogP contribution in [0.3, 0.4) is 0 Å². The molecule has 2 fully saturated rings. The van der Waals surface area contributed by atoms with Crippen LogP contribution in [-0.2, 0) is 9.53 Å². The van der Waals surface area contributed by atoms with Crippen LogP contribution in [0.2, 0.25) is 0 Å². The van der Waals surface area contributed by atoms with Crippen LogP contribution in [0, 0.1) is 17.8 Å². The number of esters is 1. The van der Waals surface area contributed by atoms with Crippen molar-refractivity contribution < 1.29 is 14.3 Å². The van der Waals surface area contributed by atoms with Crippen molar-refractivity contribution in [3.05, 3.63) is 30.0 Å². The molecule has 6 heteroatoms. The molecule has 0 unspecified atom stereocenters. The Bertz CT molecular complexity index is 800. The summed E-state index contributed by atoms with van der Waals surface area (Å²) in [6.07, 6.45) is 5.16. The topological polar surface area (TPSA) is 84.1 Å². The van der Waals surface area contributed by atoms with Crippen LogP contribution in [0.5, 0.6) is 0 Å². The first kappa shape index (κ1) is 16.1. The number of carbonyl (C=O) groups excluding carboxylic acids is 2. The van der Waals surface area contributed by atoms with Crippen molar-refractivity contribution in [1.82, 2.24) is 15.5 Å². The zero-order chi connectivity index (χ0) is 17.4. The summed E-state index contributed by atoms with van der Waals surface area (Å²) in [6.45, 7) is 1.79. The van der Waals surface area contributed by atoms with E-state index in [0.717, 1.165) is 17.4 Å². The molecule has 2 aromatic rings. The van der Waals surface area contributed by atoms with Crippen LogP contribution in [0.1, 0.15) is 43.1 Å². The summed E-state index contributed by atoms with van der Waals surface area (Å²) in [6, 6.07) is 7.46. The Kier molecular flexibility index (Phi) is 4.19. The van der Waals surface area contributed by atoms with Gasteiger partial charge in [0.05, 0.1) is 5.52 Å². The maximum atomic E-state index is 12.2. The van der Waals surface area contributed by atoms with Gasteiger partial charge in [0.2, 0.25) is 0 Å². The molecule has 2 aliphatic carbocycles. The number of nitrogens with one attached hydrogen (secondary N) is 2. The Hall–Kier alpha value is -2.37. The van der Waals surface area contributed by atoms with E-state index in [2.05, 4.69) is 22.4 Å². The number of para-hydroxylation sites is 1. The minimum Gasteiger partial charge on any atom is -0.451 e. The van der Waals surface area contributed by atoms with E-state index < -0.39 is 5.97 Å². The molecule has 25 heavy (non-hydrogen) atoms. The summed E-state index contributed by atoms with van der Waals surface area (Å²) >= 11 is 0. The van der Waals surface area contributed by atoms with Crippen LogP contribution in [0.4, 0.5) is 0 Å². The largest absolute Gasteiger partial charge is 0.451 e. The summed E-state index contributed by atoms with van der Waals surface area (Å²) in [5.41, 5.74) is 0.980. The summed E-state index contributed by atoms with van der Waals surface area (Å²) in [7, 11) is 0. The molecule has 0 saturated heterocycles. The Labute approximate surface area is 146 Å². The molecule has 0 radical (unpaired) electrons. The van der Waals surface area contributed by atoms with Gasteiger partial charge in [0.25, 0.3) is 5.91 Å². The highest BCUT2D eigenvalue weighted by molar-refractivity contribution is 6.02. The third-order valence-electron chi connectivity index (χ3n) is 5.82. The van der Waals surface area contributed by atoms with Gasteiger partial charge >= 0.3 is 5.97 Å². The number of carbonyl (C=O) groups is 2. The predicted molar refractivity (Wildman–Crippen MR) is 92.9 cm³/mol. The van der Waals surface area contributed by atoms with Crippen molar-refractivity contribution in [3.8, 4) is 0 Å². The first-order valence-corrected chi connectivity index (χ1v) is 9.01. The normalized spacial score (nSPS) is 25.9. The van der Waals surface area contributed by atoms with Crippen LogP contribution in [-0.4, -0.2) is 34.7 Å². The van der Waals surface area contributed by atoms with E-state index in [9.17, 15) is 9.59 Å². The van der Waals surface area contributed by atoms with Crippen molar-refractivity contribution in [2.75, 3.05) is 6.61 Å². The lowest BCUT2D eigenvalue weighted by Gasteiger charge is -2.28. The second-order valence-electron chi connectivity index (χ2n) is 7.39. The van der Waals surface area contributed by atoms with Crippen molar-refractivity contribution in [1.29, 1.82) is 0 Å². The van der Waals surface area contributed by atoms with Gasteiger partial charge in [-0.2, -0.15) is 5.10 Å². The van der Waals surface area contributed by atoms with Crippen LogP contribution < -0.4 is 5.32 Å². The predicted octanol–water partition coefficient (Wildman–Crippen LogP) is 2.66. The number of ether oxygens (including phenoxy) is 1. The van der Waals surface area contributed by atoms with Gasteiger partial charge in [0, 0.05) is 11.4 Å². The van der Waals surface area contributed by atoms with Gasteiger partial charge < -0.3 is 10.1 Å². The molecule has 4 atom stereocenters. The Morgan fingerprint density at radius 2 is 2.16 bits per heavy atom. The van der Waals surface area contributed by atoms with E-state index in [0.29, 0.717) is 11.3 Å². The first-order valence-electron chi connectivity index (χ1n) is 9.01. The van der Waals surface area contributed by atoms with Gasteiger partial charge in [-0.3, -0.25) is 9.89 Å². The molecule has 2 bridgehead atoms. The average molecular weight is 341 g/mol. The molecule has 1 heterocycles. The number of fused-ring (bicyclic) bond motifs is 3. The van der Waals surface area contributed by atoms with Gasteiger partial charge in [-0.05, 0) is 50.0 Å². The number of H-pyrrole nitrogens is 1. The van der Waals surface area contributed by atoms with E-state index in [1.54, 1.807) is 6.07 Å². The van der Waals surface area contributed by atoms with E-state index in [1.165, 1.54) is 25.7 Å². The van der Waals surface area contributed by atoms with Gasteiger partial charge in [0.15, 0.2) is 12.3 Å². The molecule has 0 aliphatic heterocycles. The standard InChI is InChI=1S/C19H23N3O3/c1-11(15-9-12-6-7-13(15)8-12)20-17(23)10-25-19(24)18-14-4-2-3-5-16(14)21-22-18/h2-5,11-13,15H,6-10H2,1H3,(H,20,23)(H,21,22)/t11-,12-,13-,15+/m0/s1. The molecular formula is C19H23N3O3. The molecule has 2 N–H and O–H groups in total. The Morgan fingerprint density at radius 1 is 1.32 bits per heavy atom. The quantitative estimate of drug-likeness (QED) is 0.819. The fraction of sp³-hybridized carbons (Fsp3) is 0.526. The number of aromatic nitrogens is 2. The van der Waals surface area contributed by atoms with Gasteiger partial charge in [-0.15, -0.1) is 0 Å². The van der Waals surface area contributed by atoms with E-state index in [-0.39, 0.29) is 24.2 Å². The summed E-state index contributed by atoms with van der Waals surface area (Å²) in [5, 5.41) is 10.5. The molecule has 132 valence electrons. The van der Waals surface area contributed by atoms with Gasteiger partial charge in [0.1, 0.15) is 0 Å². The number of benzene rings is 1. The third-order valence-corrected chi connectivity index (χ3v) is 5.82. The summed E-state index contributed by atoms with van der Waals surface area (Å²) in [5.74, 6) is 1.33. The zero-order valence-corrected chi connectivity index (χ0v) is 14.3. The molecule has 0 spiro atoms. The maximum Gasteiger partial charge on any atom is 0.359 e. The maximum absolute atomic E-state index is 12.2. The van der Waals surface area contributed by atoms with Crippen LogP contribution in [0.15, 0.2) is 24.3 Å². The Balaban J connectivity index is 1.30. The number of aromatic amines is 1. The van der Waals surface area contributed by atoms with Crippen molar-refractivity contribution in [3.63, 3.8) is 0 Å². The highest BCUT2D eigenvalue weighted by atomic mass is 16.5. The summed E-state index contributed by atoms with van der Waals surface area (Å²) in [4.78, 5) is 24.3. The molecule has 2 saturated carbocycles. The smallest absolute Gasteiger partial charge is 0.359 e. The number of hydrogen-bond acceptors (Lipinski definition) is 4. The fourth-order valence-electron chi connectivity index (χ4n) is 4.63. The van der Waals surface area contributed by atoms with E-state index >= 15 is 0 Å². The molecule has 6 nitrogen and oxygen atoms in total. The number of rotatable bonds is 5. The number of nitrogens with zero attached hydrogens (tertiary/aromatic N) is 1. The molecule has 4 rings (SSSR count). The fourth-order valence-corrected chi connectivity index (χ4v) is 4.63. The molecule has 1 amide bonds.